The lowest BCUT2D eigenvalue weighted by molar-refractivity contribution is 0.591. The van der Waals surface area contributed by atoms with E-state index in [4.69, 9.17) is 0 Å². The van der Waals surface area contributed by atoms with Gasteiger partial charge in [0.1, 0.15) is 0 Å². The maximum atomic E-state index is 13.9. The second kappa shape index (κ2) is 7.46. The molecule has 1 atom stereocenters. The average Bonchev–Trinajstić information content (AvgIpc) is 3.19. The lowest BCUT2D eigenvalue weighted by atomic mass is 9.87. The van der Waals surface area contributed by atoms with Gasteiger partial charge in [0.25, 0.3) is 10.0 Å². The summed E-state index contributed by atoms with van der Waals surface area (Å²) in [6.45, 7) is 2.29. The van der Waals surface area contributed by atoms with Crippen LogP contribution in [0.1, 0.15) is 33.7 Å². The van der Waals surface area contributed by atoms with Crippen LogP contribution in [0.15, 0.2) is 114 Å². The molecule has 0 saturated heterocycles. The van der Waals surface area contributed by atoms with Crippen molar-refractivity contribution in [1.29, 1.82) is 0 Å². The highest BCUT2D eigenvalue weighted by Crippen LogP contribution is 2.53. The molecule has 33 heavy (non-hydrogen) atoms. The average molecular weight is 450 g/mol. The first-order valence-corrected chi connectivity index (χ1v) is 12.6. The van der Waals surface area contributed by atoms with Gasteiger partial charge in [0.15, 0.2) is 0 Å². The van der Waals surface area contributed by atoms with Crippen LogP contribution in [-0.2, 0) is 10.0 Å². The molecule has 6 rings (SSSR count). The van der Waals surface area contributed by atoms with Gasteiger partial charge in [0, 0.05) is 11.5 Å². The number of hydrogen-bond acceptors (Lipinski definition) is 2. The van der Waals surface area contributed by atoms with E-state index in [2.05, 4.69) is 36.4 Å². The van der Waals surface area contributed by atoms with Crippen molar-refractivity contribution in [2.45, 2.75) is 17.7 Å². The SMILES string of the molecule is Cc1ccc(S(=O)(=O)N2CC3=C(c4ccccc4[C@@H]3c3ccccc3)c3ccccc32)cc1. The third kappa shape index (κ3) is 3.05. The molecule has 4 heteroatoms. The smallest absolute Gasteiger partial charge is 0.262 e. The first-order chi connectivity index (χ1) is 16.1. The number of aryl methyl sites for hydroxylation is 1. The summed E-state index contributed by atoms with van der Waals surface area (Å²) in [5.41, 5.74) is 8.66. The molecule has 0 N–H and O–H groups in total. The van der Waals surface area contributed by atoms with Gasteiger partial charge < -0.3 is 0 Å². The normalized spacial score (nSPS) is 16.9. The Morgan fingerprint density at radius 1 is 0.727 bits per heavy atom. The van der Waals surface area contributed by atoms with E-state index in [9.17, 15) is 8.42 Å². The monoisotopic (exact) mass is 449 g/mol. The largest absolute Gasteiger partial charge is 0.264 e. The van der Waals surface area contributed by atoms with Crippen molar-refractivity contribution in [2.75, 3.05) is 10.8 Å². The van der Waals surface area contributed by atoms with Crippen LogP contribution in [0.4, 0.5) is 5.69 Å². The van der Waals surface area contributed by atoms with Crippen LogP contribution in [0, 0.1) is 6.92 Å². The quantitative estimate of drug-likeness (QED) is 0.376. The number of fused-ring (bicyclic) bond motifs is 4. The number of nitrogens with zero attached hydrogens (tertiary/aromatic N) is 1. The van der Waals surface area contributed by atoms with E-state index in [-0.39, 0.29) is 5.92 Å². The number of sulfonamides is 1. The van der Waals surface area contributed by atoms with Gasteiger partial charge in [-0.05, 0) is 53.0 Å². The van der Waals surface area contributed by atoms with E-state index in [1.165, 1.54) is 22.3 Å². The summed E-state index contributed by atoms with van der Waals surface area (Å²) in [7, 11) is -3.72. The Bertz CT molecular complexity index is 1500. The highest BCUT2D eigenvalue weighted by molar-refractivity contribution is 7.92. The summed E-state index contributed by atoms with van der Waals surface area (Å²) in [5.74, 6) is 0.0291. The topological polar surface area (TPSA) is 37.4 Å². The zero-order valence-corrected chi connectivity index (χ0v) is 19.1. The van der Waals surface area contributed by atoms with Crippen LogP contribution >= 0.6 is 0 Å². The van der Waals surface area contributed by atoms with E-state index in [0.717, 1.165) is 22.4 Å². The van der Waals surface area contributed by atoms with Crippen molar-refractivity contribution >= 4 is 21.3 Å². The standard InChI is InChI=1S/C29H23NO2S/c1-20-15-17-22(18-16-20)33(31,32)30-19-26-28(21-9-3-2-4-10-21)23-11-5-6-12-24(23)29(26)25-13-7-8-14-27(25)30/h2-18,28H,19H2,1H3/t28-/m0/s1. The van der Waals surface area contributed by atoms with Crippen LogP contribution < -0.4 is 4.31 Å². The van der Waals surface area contributed by atoms with Crippen molar-refractivity contribution in [2.24, 2.45) is 0 Å². The lowest BCUT2D eigenvalue weighted by Gasteiger charge is -2.33. The maximum Gasteiger partial charge on any atom is 0.264 e. The van der Waals surface area contributed by atoms with Gasteiger partial charge >= 0.3 is 0 Å². The number of rotatable bonds is 3. The minimum atomic E-state index is -3.72. The van der Waals surface area contributed by atoms with Crippen molar-refractivity contribution in [1.82, 2.24) is 0 Å². The molecule has 0 bridgehead atoms. The van der Waals surface area contributed by atoms with Gasteiger partial charge in [0.05, 0.1) is 17.1 Å². The predicted molar refractivity (Wildman–Crippen MR) is 133 cm³/mol. The summed E-state index contributed by atoms with van der Waals surface area (Å²) in [5, 5.41) is 0. The van der Waals surface area contributed by atoms with Gasteiger partial charge in [-0.1, -0.05) is 90.5 Å². The van der Waals surface area contributed by atoms with Crippen LogP contribution in [0.2, 0.25) is 0 Å². The molecule has 4 aromatic rings. The van der Waals surface area contributed by atoms with Crippen molar-refractivity contribution < 1.29 is 8.42 Å². The Balaban J connectivity index is 1.58. The second-order valence-corrected chi connectivity index (χ2v) is 10.5. The molecule has 0 amide bonds. The zero-order chi connectivity index (χ0) is 22.6. The molecule has 162 valence electrons. The molecule has 0 radical (unpaired) electrons. The first-order valence-electron chi connectivity index (χ1n) is 11.1. The summed E-state index contributed by atoms with van der Waals surface area (Å²) < 4.78 is 29.3. The first kappa shape index (κ1) is 20.0. The third-order valence-electron chi connectivity index (χ3n) is 6.71. The molecule has 3 nitrogen and oxygen atoms in total. The van der Waals surface area contributed by atoms with E-state index in [1.54, 1.807) is 16.4 Å². The van der Waals surface area contributed by atoms with Gasteiger partial charge in [0.2, 0.25) is 0 Å². The van der Waals surface area contributed by atoms with Crippen LogP contribution in [0.5, 0.6) is 0 Å². The number of benzene rings is 4. The molecule has 0 fully saturated rings. The van der Waals surface area contributed by atoms with E-state index in [1.807, 2.05) is 61.5 Å². The van der Waals surface area contributed by atoms with Crippen LogP contribution in [-0.4, -0.2) is 15.0 Å². The van der Waals surface area contributed by atoms with E-state index >= 15 is 0 Å². The third-order valence-corrected chi connectivity index (χ3v) is 8.48. The Hall–Kier alpha value is -3.63. The highest BCUT2D eigenvalue weighted by Gasteiger charge is 2.41. The van der Waals surface area contributed by atoms with Crippen LogP contribution in [0.25, 0.3) is 5.57 Å². The minimum absolute atomic E-state index is 0.0291. The molecule has 0 saturated carbocycles. The zero-order valence-electron chi connectivity index (χ0n) is 18.3. The van der Waals surface area contributed by atoms with Gasteiger partial charge in [-0.3, -0.25) is 4.31 Å². The minimum Gasteiger partial charge on any atom is -0.262 e. The number of para-hydroxylation sites is 1. The van der Waals surface area contributed by atoms with E-state index < -0.39 is 10.0 Å². The van der Waals surface area contributed by atoms with Crippen molar-refractivity contribution in [3.8, 4) is 0 Å². The molecule has 0 unspecified atom stereocenters. The Morgan fingerprint density at radius 3 is 2.12 bits per heavy atom. The fourth-order valence-corrected chi connectivity index (χ4v) is 6.65. The molecule has 4 aromatic carbocycles. The molecular weight excluding hydrogens is 426 g/mol. The molecule has 1 heterocycles. The molecule has 0 spiro atoms. The van der Waals surface area contributed by atoms with Gasteiger partial charge in [-0.25, -0.2) is 8.42 Å². The fraction of sp³-hybridized carbons (Fsp3) is 0.103. The highest BCUT2D eigenvalue weighted by atomic mass is 32.2. The number of anilines is 1. The molecule has 1 aliphatic carbocycles. The maximum absolute atomic E-state index is 13.9. The molecule has 0 aromatic heterocycles. The Labute approximate surface area is 194 Å². The van der Waals surface area contributed by atoms with Crippen LogP contribution in [0.3, 0.4) is 0 Å². The lowest BCUT2D eigenvalue weighted by Crippen LogP contribution is -2.36. The Kier molecular flexibility index (Phi) is 4.52. The molecular formula is C29H23NO2S. The van der Waals surface area contributed by atoms with E-state index in [0.29, 0.717) is 11.4 Å². The van der Waals surface area contributed by atoms with Gasteiger partial charge in [-0.2, -0.15) is 0 Å². The molecule has 1 aliphatic heterocycles. The van der Waals surface area contributed by atoms with Gasteiger partial charge in [-0.15, -0.1) is 0 Å². The molecule has 2 aliphatic rings. The number of hydrogen-bond donors (Lipinski definition) is 0. The van der Waals surface area contributed by atoms with Crippen molar-refractivity contribution in [3.63, 3.8) is 0 Å². The summed E-state index contributed by atoms with van der Waals surface area (Å²) in [6.07, 6.45) is 0. The summed E-state index contributed by atoms with van der Waals surface area (Å²) in [4.78, 5) is 0.318. The summed E-state index contributed by atoms with van der Waals surface area (Å²) >= 11 is 0. The Morgan fingerprint density at radius 2 is 1.36 bits per heavy atom. The van der Waals surface area contributed by atoms with Crippen molar-refractivity contribution in [3.05, 3.63) is 137 Å². The predicted octanol–water partition coefficient (Wildman–Crippen LogP) is 6.15. The second-order valence-electron chi connectivity index (χ2n) is 8.67. The fourth-order valence-electron chi connectivity index (χ4n) is 5.19. The summed E-state index contributed by atoms with van der Waals surface area (Å²) in [6, 6.07) is 33.8.